The maximum Gasteiger partial charge on any atom is 0.246 e. The molecule has 0 aromatic rings. The Balaban J connectivity index is 2.78. The summed E-state index contributed by atoms with van der Waals surface area (Å²) in [7, 11) is 0. The van der Waals surface area contributed by atoms with Crippen molar-refractivity contribution in [1.82, 2.24) is 10.2 Å². The first-order chi connectivity index (χ1) is 5.64. The van der Waals surface area contributed by atoms with Crippen LogP contribution in [0.5, 0.6) is 0 Å². The fourth-order valence-electron chi connectivity index (χ4n) is 1.40. The number of nitrogens with zero attached hydrogens (tertiary/aromatic N) is 1. The van der Waals surface area contributed by atoms with E-state index in [2.05, 4.69) is 11.9 Å². The number of carbonyl (C=O) groups excluding carboxylic acids is 1. The van der Waals surface area contributed by atoms with Gasteiger partial charge in [-0.1, -0.05) is 13.5 Å². The standard InChI is InChI=1S/C9H16N2O/c1-4-9(3)8(12)11(5-2)7-6-10-9/h5,10H,2,4,6-7H2,1,3H3. The molecule has 1 N–H and O–H groups in total. The minimum absolute atomic E-state index is 0.131. The van der Waals surface area contributed by atoms with Crippen LogP contribution in [0.2, 0.25) is 0 Å². The van der Waals surface area contributed by atoms with Gasteiger partial charge in [0, 0.05) is 13.1 Å². The second-order valence-corrected chi connectivity index (χ2v) is 3.29. The van der Waals surface area contributed by atoms with Crippen LogP contribution < -0.4 is 5.32 Å². The van der Waals surface area contributed by atoms with E-state index in [1.807, 2.05) is 13.8 Å². The molecule has 1 amide bonds. The van der Waals surface area contributed by atoms with Crippen molar-refractivity contribution < 1.29 is 4.79 Å². The van der Waals surface area contributed by atoms with E-state index in [0.29, 0.717) is 0 Å². The monoisotopic (exact) mass is 168 g/mol. The van der Waals surface area contributed by atoms with Gasteiger partial charge in [0.2, 0.25) is 5.91 Å². The quantitative estimate of drug-likeness (QED) is 0.659. The normalized spacial score (nSPS) is 30.5. The van der Waals surface area contributed by atoms with Crippen LogP contribution in [0.25, 0.3) is 0 Å². The van der Waals surface area contributed by atoms with Crippen LogP contribution >= 0.6 is 0 Å². The highest BCUT2D eigenvalue weighted by atomic mass is 16.2. The van der Waals surface area contributed by atoms with E-state index in [9.17, 15) is 4.79 Å². The number of amides is 1. The lowest BCUT2D eigenvalue weighted by molar-refractivity contribution is -0.137. The van der Waals surface area contributed by atoms with E-state index in [4.69, 9.17) is 0 Å². The fraction of sp³-hybridized carbons (Fsp3) is 0.667. The summed E-state index contributed by atoms with van der Waals surface area (Å²) in [5.41, 5.74) is -0.383. The van der Waals surface area contributed by atoms with Gasteiger partial charge in [-0.05, 0) is 19.5 Å². The Morgan fingerprint density at radius 2 is 2.50 bits per heavy atom. The number of nitrogens with one attached hydrogen (secondary N) is 1. The lowest BCUT2D eigenvalue weighted by atomic mass is 9.95. The van der Waals surface area contributed by atoms with Gasteiger partial charge in [0.1, 0.15) is 0 Å². The molecule has 1 atom stereocenters. The van der Waals surface area contributed by atoms with Crippen molar-refractivity contribution in [2.45, 2.75) is 25.8 Å². The first kappa shape index (κ1) is 9.26. The molecular weight excluding hydrogens is 152 g/mol. The second-order valence-electron chi connectivity index (χ2n) is 3.29. The van der Waals surface area contributed by atoms with E-state index in [1.54, 1.807) is 11.1 Å². The van der Waals surface area contributed by atoms with Gasteiger partial charge in [-0.25, -0.2) is 0 Å². The van der Waals surface area contributed by atoms with Crippen LogP contribution in [0.1, 0.15) is 20.3 Å². The van der Waals surface area contributed by atoms with E-state index in [1.165, 1.54) is 0 Å². The maximum atomic E-state index is 11.7. The SMILES string of the molecule is C=CN1CCNC(C)(CC)C1=O. The Hall–Kier alpha value is -0.830. The minimum atomic E-state index is -0.383. The number of carbonyl (C=O) groups is 1. The van der Waals surface area contributed by atoms with E-state index in [0.717, 1.165) is 19.5 Å². The summed E-state index contributed by atoms with van der Waals surface area (Å²) in [6, 6.07) is 0. The van der Waals surface area contributed by atoms with Crippen molar-refractivity contribution >= 4 is 5.91 Å². The predicted octanol–water partition coefficient (Wildman–Crippen LogP) is 0.730. The van der Waals surface area contributed by atoms with Crippen LogP contribution in [0.15, 0.2) is 12.8 Å². The van der Waals surface area contributed by atoms with Gasteiger partial charge < -0.3 is 10.2 Å². The van der Waals surface area contributed by atoms with Gasteiger partial charge in [-0.3, -0.25) is 4.79 Å². The summed E-state index contributed by atoms with van der Waals surface area (Å²) in [6.07, 6.45) is 2.42. The highest BCUT2D eigenvalue weighted by Crippen LogP contribution is 2.16. The number of rotatable bonds is 2. The summed E-state index contributed by atoms with van der Waals surface area (Å²) in [5.74, 6) is 0.131. The maximum absolute atomic E-state index is 11.7. The zero-order chi connectivity index (χ0) is 9.19. The van der Waals surface area contributed by atoms with Crippen molar-refractivity contribution in [3.63, 3.8) is 0 Å². The Bertz CT molecular complexity index is 203. The smallest absolute Gasteiger partial charge is 0.246 e. The van der Waals surface area contributed by atoms with Gasteiger partial charge in [0.05, 0.1) is 5.54 Å². The Labute approximate surface area is 73.4 Å². The number of hydrogen-bond donors (Lipinski definition) is 1. The number of hydrogen-bond acceptors (Lipinski definition) is 2. The average Bonchev–Trinajstić information content (AvgIpc) is 2.10. The van der Waals surface area contributed by atoms with E-state index >= 15 is 0 Å². The van der Waals surface area contributed by atoms with Crippen molar-refractivity contribution in [2.24, 2.45) is 0 Å². The van der Waals surface area contributed by atoms with E-state index in [-0.39, 0.29) is 11.4 Å². The summed E-state index contributed by atoms with van der Waals surface area (Å²) < 4.78 is 0. The largest absolute Gasteiger partial charge is 0.317 e. The van der Waals surface area contributed by atoms with Gasteiger partial charge in [-0.15, -0.1) is 0 Å². The van der Waals surface area contributed by atoms with E-state index < -0.39 is 0 Å². The zero-order valence-corrected chi connectivity index (χ0v) is 7.76. The van der Waals surface area contributed by atoms with Crippen LogP contribution in [0.4, 0.5) is 0 Å². The third-order valence-electron chi connectivity index (χ3n) is 2.53. The molecule has 0 spiro atoms. The molecule has 1 saturated heterocycles. The van der Waals surface area contributed by atoms with Gasteiger partial charge in [0.15, 0.2) is 0 Å². The predicted molar refractivity (Wildman–Crippen MR) is 48.6 cm³/mol. The molecular formula is C9H16N2O. The Morgan fingerprint density at radius 3 is 3.00 bits per heavy atom. The molecule has 1 fully saturated rings. The second kappa shape index (κ2) is 3.27. The third kappa shape index (κ3) is 1.37. The Kier molecular flexibility index (Phi) is 2.52. The summed E-state index contributed by atoms with van der Waals surface area (Å²) in [4.78, 5) is 13.4. The molecule has 1 aliphatic rings. The molecule has 3 nitrogen and oxygen atoms in total. The van der Waals surface area contributed by atoms with Crippen LogP contribution in [-0.4, -0.2) is 29.4 Å². The van der Waals surface area contributed by atoms with Crippen LogP contribution in [0.3, 0.4) is 0 Å². The summed E-state index contributed by atoms with van der Waals surface area (Å²) >= 11 is 0. The lowest BCUT2D eigenvalue weighted by Crippen LogP contribution is -2.61. The van der Waals surface area contributed by atoms with Crippen molar-refractivity contribution in [2.75, 3.05) is 13.1 Å². The molecule has 0 bridgehead atoms. The van der Waals surface area contributed by atoms with Crippen LogP contribution in [-0.2, 0) is 4.79 Å². The molecule has 1 rings (SSSR count). The fourth-order valence-corrected chi connectivity index (χ4v) is 1.40. The van der Waals surface area contributed by atoms with Crippen LogP contribution in [0, 0.1) is 0 Å². The molecule has 12 heavy (non-hydrogen) atoms. The Morgan fingerprint density at radius 1 is 1.83 bits per heavy atom. The minimum Gasteiger partial charge on any atom is -0.317 e. The first-order valence-electron chi connectivity index (χ1n) is 4.32. The third-order valence-corrected chi connectivity index (χ3v) is 2.53. The molecule has 1 aliphatic heterocycles. The molecule has 1 heterocycles. The molecule has 68 valence electrons. The van der Waals surface area contributed by atoms with Gasteiger partial charge >= 0.3 is 0 Å². The van der Waals surface area contributed by atoms with Gasteiger partial charge in [-0.2, -0.15) is 0 Å². The molecule has 0 aliphatic carbocycles. The summed E-state index contributed by atoms with van der Waals surface area (Å²) in [6.45, 7) is 9.14. The highest BCUT2D eigenvalue weighted by molar-refractivity contribution is 5.87. The van der Waals surface area contributed by atoms with Crippen molar-refractivity contribution in [3.8, 4) is 0 Å². The van der Waals surface area contributed by atoms with Crippen molar-refractivity contribution in [1.29, 1.82) is 0 Å². The van der Waals surface area contributed by atoms with Crippen molar-refractivity contribution in [3.05, 3.63) is 12.8 Å². The molecule has 0 aromatic carbocycles. The summed E-state index contributed by atoms with van der Waals surface area (Å²) in [5, 5.41) is 3.22. The molecule has 0 radical (unpaired) electrons. The molecule has 3 heteroatoms. The highest BCUT2D eigenvalue weighted by Gasteiger charge is 2.36. The zero-order valence-electron chi connectivity index (χ0n) is 7.76. The molecule has 1 unspecified atom stereocenters. The topological polar surface area (TPSA) is 32.3 Å². The van der Waals surface area contributed by atoms with Gasteiger partial charge in [0.25, 0.3) is 0 Å². The molecule has 0 aromatic heterocycles. The first-order valence-corrected chi connectivity index (χ1v) is 4.32. The average molecular weight is 168 g/mol. The number of piperazine rings is 1. The molecule has 0 saturated carbocycles. The lowest BCUT2D eigenvalue weighted by Gasteiger charge is -2.38.